The summed E-state index contributed by atoms with van der Waals surface area (Å²) in [6.45, 7) is -0.175. The molecule has 34 heavy (non-hydrogen) atoms. The molecule has 12 heteroatoms. The molecule has 10 nitrogen and oxygen atoms in total. The first-order valence-corrected chi connectivity index (χ1v) is 11.0. The fraction of sp³-hybridized carbons (Fsp3) is 0.273. The molecule has 2 heterocycles. The smallest absolute Gasteiger partial charge is 0.322 e. The summed E-state index contributed by atoms with van der Waals surface area (Å²) in [5, 5.41) is 15.2. The molecule has 180 valence electrons. The number of hydrogen-bond donors (Lipinski definition) is 4. The van der Waals surface area contributed by atoms with Crippen LogP contribution in [0.25, 0.3) is 10.9 Å². The fourth-order valence-corrected chi connectivity index (χ4v) is 3.64. The zero-order chi connectivity index (χ0) is 24.7. The highest BCUT2D eigenvalue weighted by Gasteiger charge is 2.16. The van der Waals surface area contributed by atoms with Crippen LogP contribution in [0.4, 0.5) is 11.4 Å². The van der Waals surface area contributed by atoms with E-state index in [2.05, 4.69) is 20.6 Å². The second-order valence-corrected chi connectivity index (χ2v) is 7.96. The lowest BCUT2D eigenvalue weighted by molar-refractivity contribution is -0.137. The summed E-state index contributed by atoms with van der Waals surface area (Å²) in [5.74, 6) is -0.697. The lowest BCUT2D eigenvalue weighted by Gasteiger charge is -2.16. The number of hydrogen-bond acceptors (Lipinski definition) is 7. The topological polar surface area (TPSA) is 143 Å². The average molecular weight is 509 g/mol. The van der Waals surface area contributed by atoms with Gasteiger partial charge >= 0.3 is 5.97 Å². The molecular formula is C22H22Cl2N4O6. The second kappa shape index (κ2) is 11.6. The molecule has 0 saturated heterocycles. The third kappa shape index (κ3) is 6.30. The quantitative estimate of drug-likeness (QED) is 0.287. The van der Waals surface area contributed by atoms with Gasteiger partial charge in [0.15, 0.2) is 11.5 Å². The van der Waals surface area contributed by atoms with Crippen LogP contribution < -0.4 is 25.7 Å². The molecule has 0 bridgehead atoms. The maximum atomic E-state index is 12.4. The van der Waals surface area contributed by atoms with Gasteiger partial charge in [-0.05, 0) is 25.0 Å². The number of aromatic amines is 1. The van der Waals surface area contributed by atoms with Gasteiger partial charge in [-0.15, -0.1) is 0 Å². The van der Waals surface area contributed by atoms with E-state index in [1.807, 2.05) is 0 Å². The Labute approximate surface area is 204 Å². The molecule has 2 aromatic heterocycles. The lowest BCUT2D eigenvalue weighted by atomic mass is 10.1. The van der Waals surface area contributed by atoms with Crippen molar-refractivity contribution in [3.63, 3.8) is 0 Å². The standard InChI is InChI=1S/C22H22Cl2N4O6/c1-33-16-6-5-12-15(27-21-13(23)9-25-10-14(21)24)8-18(30)28-20(12)22(16)34-7-3-2-4-17(29)26-11-19(31)32/h5-6,8-10H,2-4,7,11H2,1H3,(H,26,29)(H,31,32)(H2,25,27,28,30). The molecule has 0 aliphatic rings. The number of benzene rings is 1. The Kier molecular flexibility index (Phi) is 8.55. The van der Waals surface area contributed by atoms with Gasteiger partial charge in [-0.1, -0.05) is 23.2 Å². The number of ether oxygens (including phenoxy) is 2. The van der Waals surface area contributed by atoms with E-state index in [1.54, 1.807) is 12.1 Å². The Morgan fingerprint density at radius 2 is 1.91 bits per heavy atom. The van der Waals surface area contributed by atoms with Crippen LogP contribution in [-0.2, 0) is 9.59 Å². The molecule has 0 spiro atoms. The highest BCUT2D eigenvalue weighted by Crippen LogP contribution is 2.39. The molecule has 0 atom stereocenters. The second-order valence-electron chi connectivity index (χ2n) is 7.15. The molecule has 0 aliphatic carbocycles. The van der Waals surface area contributed by atoms with Crippen molar-refractivity contribution in [2.24, 2.45) is 0 Å². The predicted molar refractivity (Wildman–Crippen MR) is 129 cm³/mol. The number of fused-ring (bicyclic) bond motifs is 1. The summed E-state index contributed by atoms with van der Waals surface area (Å²) in [4.78, 5) is 41.2. The number of methoxy groups -OCH3 is 1. The van der Waals surface area contributed by atoms with Crippen molar-refractivity contribution in [3.05, 3.63) is 51.0 Å². The number of nitrogens with one attached hydrogen (secondary N) is 3. The van der Waals surface area contributed by atoms with Crippen molar-refractivity contribution in [1.29, 1.82) is 0 Å². The first-order valence-electron chi connectivity index (χ1n) is 10.2. The normalized spacial score (nSPS) is 10.7. The molecule has 4 N–H and O–H groups in total. The molecule has 0 saturated carbocycles. The minimum absolute atomic E-state index is 0.168. The van der Waals surface area contributed by atoms with Crippen LogP contribution in [-0.4, -0.2) is 47.2 Å². The third-order valence-electron chi connectivity index (χ3n) is 4.75. The molecule has 3 aromatic rings. The summed E-state index contributed by atoms with van der Waals surface area (Å²) in [7, 11) is 1.48. The summed E-state index contributed by atoms with van der Waals surface area (Å²) in [6, 6.07) is 4.84. The Bertz CT molecular complexity index is 1240. The predicted octanol–water partition coefficient (Wildman–Crippen LogP) is 3.73. The molecule has 0 radical (unpaired) electrons. The van der Waals surface area contributed by atoms with E-state index in [9.17, 15) is 14.4 Å². The van der Waals surface area contributed by atoms with E-state index in [0.717, 1.165) is 0 Å². The van der Waals surface area contributed by atoms with E-state index in [4.69, 9.17) is 37.8 Å². The van der Waals surface area contributed by atoms with Crippen LogP contribution in [0.1, 0.15) is 19.3 Å². The van der Waals surface area contributed by atoms with Crippen LogP contribution in [0, 0.1) is 0 Å². The number of pyridine rings is 2. The van der Waals surface area contributed by atoms with Gasteiger partial charge in [-0.2, -0.15) is 0 Å². The Hall–Kier alpha value is -3.50. The Morgan fingerprint density at radius 1 is 1.18 bits per heavy atom. The van der Waals surface area contributed by atoms with Gasteiger partial charge in [-0.25, -0.2) is 0 Å². The molecule has 0 aliphatic heterocycles. The van der Waals surface area contributed by atoms with Gasteiger partial charge in [0.25, 0.3) is 5.56 Å². The number of rotatable bonds is 11. The zero-order valence-electron chi connectivity index (χ0n) is 18.1. The van der Waals surface area contributed by atoms with E-state index in [1.165, 1.54) is 25.6 Å². The largest absolute Gasteiger partial charge is 0.493 e. The number of carbonyl (C=O) groups is 2. The van der Waals surface area contributed by atoms with Crippen molar-refractivity contribution in [2.75, 3.05) is 25.6 Å². The number of halogens is 2. The Balaban J connectivity index is 1.79. The van der Waals surface area contributed by atoms with E-state index >= 15 is 0 Å². The molecule has 1 amide bonds. The molecule has 0 fully saturated rings. The van der Waals surface area contributed by atoms with Crippen molar-refractivity contribution in [3.8, 4) is 11.5 Å². The van der Waals surface area contributed by atoms with Crippen LogP contribution in [0.15, 0.2) is 35.4 Å². The number of H-pyrrole nitrogens is 1. The first kappa shape index (κ1) is 25.1. The summed E-state index contributed by atoms with van der Waals surface area (Å²) in [5.41, 5.74) is 0.889. The van der Waals surface area contributed by atoms with Crippen LogP contribution in [0.2, 0.25) is 10.0 Å². The maximum absolute atomic E-state index is 12.4. The number of nitrogens with zero attached hydrogens (tertiary/aromatic N) is 1. The van der Waals surface area contributed by atoms with Crippen molar-refractivity contribution < 1.29 is 24.2 Å². The Morgan fingerprint density at radius 3 is 2.59 bits per heavy atom. The van der Waals surface area contributed by atoms with E-state index < -0.39 is 12.5 Å². The van der Waals surface area contributed by atoms with Gasteiger partial charge in [0.2, 0.25) is 5.91 Å². The van der Waals surface area contributed by atoms with Crippen LogP contribution in [0.3, 0.4) is 0 Å². The zero-order valence-corrected chi connectivity index (χ0v) is 19.6. The number of carbonyl (C=O) groups excluding carboxylic acids is 1. The minimum Gasteiger partial charge on any atom is -0.493 e. The number of carboxylic acid groups (broad SMARTS) is 1. The van der Waals surface area contributed by atoms with Crippen molar-refractivity contribution in [1.82, 2.24) is 15.3 Å². The van der Waals surface area contributed by atoms with Crippen LogP contribution in [0.5, 0.6) is 11.5 Å². The summed E-state index contributed by atoms with van der Waals surface area (Å²) in [6.07, 6.45) is 4.04. The highest BCUT2D eigenvalue weighted by atomic mass is 35.5. The molecule has 3 rings (SSSR count). The number of carboxylic acids is 1. The monoisotopic (exact) mass is 508 g/mol. The van der Waals surface area contributed by atoms with Gasteiger partial charge in [0.05, 0.1) is 40.7 Å². The molecule has 0 unspecified atom stereocenters. The van der Waals surface area contributed by atoms with Crippen molar-refractivity contribution >= 4 is 57.4 Å². The molecular weight excluding hydrogens is 487 g/mol. The third-order valence-corrected chi connectivity index (χ3v) is 5.32. The highest BCUT2D eigenvalue weighted by molar-refractivity contribution is 6.39. The fourth-order valence-electron chi connectivity index (χ4n) is 3.18. The van der Waals surface area contributed by atoms with Gasteiger partial charge in [-0.3, -0.25) is 19.4 Å². The van der Waals surface area contributed by atoms with Crippen molar-refractivity contribution in [2.45, 2.75) is 19.3 Å². The average Bonchev–Trinajstić information content (AvgIpc) is 2.79. The number of unbranched alkanes of at least 4 members (excludes halogenated alkanes) is 1. The maximum Gasteiger partial charge on any atom is 0.322 e. The van der Waals surface area contributed by atoms with E-state index in [0.29, 0.717) is 56.7 Å². The van der Waals surface area contributed by atoms with E-state index in [-0.39, 0.29) is 24.5 Å². The number of amides is 1. The number of anilines is 2. The molecule has 1 aromatic carbocycles. The van der Waals surface area contributed by atoms with Crippen LogP contribution >= 0.6 is 23.2 Å². The summed E-state index contributed by atoms with van der Waals surface area (Å²) >= 11 is 12.4. The minimum atomic E-state index is -1.10. The van der Waals surface area contributed by atoms with Gasteiger partial charge < -0.3 is 30.2 Å². The van der Waals surface area contributed by atoms with Gasteiger partial charge in [0.1, 0.15) is 6.54 Å². The SMILES string of the molecule is COc1ccc2c(Nc3c(Cl)cncc3Cl)cc(=O)[nH]c2c1OCCCCC(=O)NCC(=O)O. The summed E-state index contributed by atoms with van der Waals surface area (Å²) < 4.78 is 11.3. The number of aliphatic carboxylic acids is 1. The van der Waals surface area contributed by atoms with Gasteiger partial charge in [0, 0.05) is 30.3 Å². The lowest BCUT2D eigenvalue weighted by Crippen LogP contribution is -2.28. The number of aromatic nitrogens is 2. The first-order chi connectivity index (χ1) is 16.3.